The van der Waals surface area contributed by atoms with Gasteiger partial charge in [-0.3, -0.25) is 4.79 Å². The monoisotopic (exact) mass is 227 g/mol. The molecule has 0 spiro atoms. The minimum absolute atomic E-state index is 0.115. The molecule has 1 aromatic carbocycles. The lowest BCUT2D eigenvalue weighted by Crippen LogP contribution is -2.51. The lowest BCUT2D eigenvalue weighted by atomic mass is 10.0. The molecular formula is C11H14FNO3. The van der Waals surface area contributed by atoms with Crippen molar-refractivity contribution in [2.75, 3.05) is 13.2 Å². The van der Waals surface area contributed by atoms with Crippen molar-refractivity contribution >= 4 is 5.91 Å². The Bertz CT molecular complexity index is 377. The summed E-state index contributed by atoms with van der Waals surface area (Å²) in [5.41, 5.74) is -1.27. The van der Waals surface area contributed by atoms with E-state index in [2.05, 4.69) is 5.32 Å². The molecule has 0 saturated heterocycles. The fourth-order valence-electron chi connectivity index (χ4n) is 1.12. The van der Waals surface area contributed by atoms with Crippen LogP contribution in [0.4, 0.5) is 4.39 Å². The highest BCUT2D eigenvalue weighted by atomic mass is 19.1. The predicted octanol–water partition coefficient (Wildman–Crippen LogP) is 0.299. The van der Waals surface area contributed by atoms with E-state index in [-0.39, 0.29) is 5.56 Å². The summed E-state index contributed by atoms with van der Waals surface area (Å²) in [6.07, 6.45) is 0. The van der Waals surface area contributed by atoms with E-state index in [1.807, 2.05) is 0 Å². The Morgan fingerprint density at radius 2 is 1.94 bits per heavy atom. The maximum atomic E-state index is 13.2. The summed E-state index contributed by atoms with van der Waals surface area (Å²) in [6, 6.07) is 5.51. The normalized spacial score (nSPS) is 11.2. The summed E-state index contributed by atoms with van der Waals surface area (Å²) in [6.45, 7) is 0.610. The van der Waals surface area contributed by atoms with Crippen LogP contribution in [0.2, 0.25) is 0 Å². The van der Waals surface area contributed by atoms with Gasteiger partial charge in [0.15, 0.2) is 0 Å². The molecule has 0 aliphatic heterocycles. The van der Waals surface area contributed by atoms with Crippen molar-refractivity contribution in [1.29, 1.82) is 0 Å². The molecule has 1 aromatic rings. The fraction of sp³-hybridized carbons (Fsp3) is 0.364. The van der Waals surface area contributed by atoms with E-state index in [1.165, 1.54) is 31.2 Å². The number of rotatable bonds is 4. The summed E-state index contributed by atoms with van der Waals surface area (Å²) < 4.78 is 13.2. The molecule has 0 heterocycles. The zero-order chi connectivity index (χ0) is 12.2. The van der Waals surface area contributed by atoms with Gasteiger partial charge in [-0.2, -0.15) is 0 Å². The maximum Gasteiger partial charge on any atom is 0.254 e. The molecule has 0 aliphatic rings. The highest BCUT2D eigenvalue weighted by Gasteiger charge is 2.26. The van der Waals surface area contributed by atoms with Crippen LogP contribution in [0.25, 0.3) is 0 Å². The van der Waals surface area contributed by atoms with Crippen molar-refractivity contribution in [1.82, 2.24) is 5.32 Å². The number of aliphatic hydroxyl groups excluding tert-OH is 2. The number of amides is 1. The quantitative estimate of drug-likeness (QED) is 0.693. The SMILES string of the molecule is CC(CO)(CO)NC(=O)c1ccccc1F. The number of carbonyl (C=O) groups is 1. The predicted molar refractivity (Wildman–Crippen MR) is 56.4 cm³/mol. The smallest absolute Gasteiger partial charge is 0.254 e. The highest BCUT2D eigenvalue weighted by molar-refractivity contribution is 5.94. The van der Waals surface area contributed by atoms with Crippen LogP contribution in [-0.2, 0) is 0 Å². The number of hydrogen-bond donors (Lipinski definition) is 3. The standard InChI is InChI=1S/C11H14FNO3/c1-11(6-14,7-15)13-10(16)8-4-2-3-5-9(8)12/h2-5,14-15H,6-7H2,1H3,(H,13,16). The second-order valence-corrected chi connectivity index (χ2v) is 3.81. The van der Waals surface area contributed by atoms with Crippen LogP contribution in [0.1, 0.15) is 17.3 Å². The lowest BCUT2D eigenvalue weighted by Gasteiger charge is -2.26. The number of benzene rings is 1. The van der Waals surface area contributed by atoms with E-state index in [0.717, 1.165) is 0 Å². The van der Waals surface area contributed by atoms with Gasteiger partial charge in [-0.15, -0.1) is 0 Å². The Kier molecular flexibility index (Phi) is 3.98. The van der Waals surface area contributed by atoms with Crippen LogP contribution in [0, 0.1) is 5.82 Å². The van der Waals surface area contributed by atoms with Crippen LogP contribution in [-0.4, -0.2) is 34.9 Å². The third-order valence-corrected chi connectivity index (χ3v) is 2.23. The van der Waals surface area contributed by atoms with Gasteiger partial charge in [0.05, 0.1) is 24.3 Å². The van der Waals surface area contributed by atoms with Crippen molar-refractivity contribution in [3.63, 3.8) is 0 Å². The van der Waals surface area contributed by atoms with E-state index in [4.69, 9.17) is 10.2 Å². The Balaban J connectivity index is 2.84. The first kappa shape index (κ1) is 12.6. The average molecular weight is 227 g/mol. The Labute approximate surface area is 92.7 Å². The van der Waals surface area contributed by atoms with Crippen molar-refractivity contribution in [3.8, 4) is 0 Å². The molecule has 5 heteroatoms. The van der Waals surface area contributed by atoms with Crippen molar-refractivity contribution in [2.45, 2.75) is 12.5 Å². The number of aliphatic hydroxyl groups is 2. The largest absolute Gasteiger partial charge is 0.394 e. The second kappa shape index (κ2) is 5.05. The van der Waals surface area contributed by atoms with Gasteiger partial charge in [-0.25, -0.2) is 4.39 Å². The molecule has 0 aromatic heterocycles. The fourth-order valence-corrected chi connectivity index (χ4v) is 1.12. The number of carbonyl (C=O) groups excluding carboxylic acids is 1. The van der Waals surface area contributed by atoms with Crippen LogP contribution >= 0.6 is 0 Å². The molecule has 0 radical (unpaired) electrons. The van der Waals surface area contributed by atoms with E-state index in [1.54, 1.807) is 0 Å². The first-order chi connectivity index (χ1) is 7.52. The zero-order valence-electron chi connectivity index (χ0n) is 8.90. The molecule has 3 N–H and O–H groups in total. The number of halogens is 1. The van der Waals surface area contributed by atoms with Gasteiger partial charge in [0.2, 0.25) is 0 Å². The molecule has 0 aliphatic carbocycles. The summed E-state index contributed by atoms with van der Waals surface area (Å²) >= 11 is 0. The van der Waals surface area contributed by atoms with Crippen molar-refractivity contribution in [2.24, 2.45) is 0 Å². The molecule has 0 fully saturated rings. The van der Waals surface area contributed by atoms with Gasteiger partial charge in [0, 0.05) is 0 Å². The van der Waals surface area contributed by atoms with E-state index < -0.39 is 30.5 Å². The van der Waals surface area contributed by atoms with Gasteiger partial charge in [-0.05, 0) is 19.1 Å². The average Bonchev–Trinajstić information content (AvgIpc) is 2.29. The molecular weight excluding hydrogens is 213 g/mol. The maximum absolute atomic E-state index is 13.2. The molecule has 16 heavy (non-hydrogen) atoms. The molecule has 0 atom stereocenters. The van der Waals surface area contributed by atoms with Gasteiger partial charge < -0.3 is 15.5 Å². The minimum Gasteiger partial charge on any atom is -0.394 e. The Morgan fingerprint density at radius 1 is 1.38 bits per heavy atom. The summed E-state index contributed by atoms with van der Waals surface area (Å²) in [5.74, 6) is -1.30. The molecule has 0 unspecified atom stereocenters. The molecule has 88 valence electrons. The van der Waals surface area contributed by atoms with Gasteiger partial charge >= 0.3 is 0 Å². The highest BCUT2D eigenvalue weighted by Crippen LogP contribution is 2.09. The number of hydrogen-bond acceptors (Lipinski definition) is 3. The molecule has 1 amide bonds. The van der Waals surface area contributed by atoms with Crippen molar-refractivity contribution in [3.05, 3.63) is 35.6 Å². The van der Waals surface area contributed by atoms with Gasteiger partial charge in [0.25, 0.3) is 5.91 Å². The van der Waals surface area contributed by atoms with Gasteiger partial charge in [0.1, 0.15) is 5.82 Å². The van der Waals surface area contributed by atoms with Crippen LogP contribution in [0.3, 0.4) is 0 Å². The van der Waals surface area contributed by atoms with E-state index in [0.29, 0.717) is 0 Å². The van der Waals surface area contributed by atoms with E-state index >= 15 is 0 Å². The van der Waals surface area contributed by atoms with Crippen molar-refractivity contribution < 1.29 is 19.4 Å². The number of nitrogens with one attached hydrogen (secondary N) is 1. The molecule has 1 rings (SSSR count). The lowest BCUT2D eigenvalue weighted by molar-refractivity contribution is 0.0720. The third kappa shape index (κ3) is 2.77. The van der Waals surface area contributed by atoms with Gasteiger partial charge in [-0.1, -0.05) is 12.1 Å². The Morgan fingerprint density at radius 3 is 2.44 bits per heavy atom. The summed E-state index contributed by atoms with van der Waals surface area (Å²) in [4.78, 5) is 11.6. The summed E-state index contributed by atoms with van der Waals surface area (Å²) in [7, 11) is 0. The zero-order valence-corrected chi connectivity index (χ0v) is 8.90. The summed E-state index contributed by atoms with van der Waals surface area (Å²) in [5, 5.41) is 20.3. The Hall–Kier alpha value is -1.46. The first-order valence-corrected chi connectivity index (χ1v) is 4.81. The van der Waals surface area contributed by atoms with Crippen LogP contribution < -0.4 is 5.32 Å². The molecule has 0 bridgehead atoms. The molecule has 0 saturated carbocycles. The topological polar surface area (TPSA) is 69.6 Å². The minimum atomic E-state index is -1.15. The second-order valence-electron chi connectivity index (χ2n) is 3.81. The third-order valence-electron chi connectivity index (χ3n) is 2.23. The van der Waals surface area contributed by atoms with Crippen LogP contribution in [0.15, 0.2) is 24.3 Å². The van der Waals surface area contributed by atoms with Crippen LogP contribution in [0.5, 0.6) is 0 Å². The first-order valence-electron chi connectivity index (χ1n) is 4.81. The molecule has 4 nitrogen and oxygen atoms in total. The van der Waals surface area contributed by atoms with E-state index in [9.17, 15) is 9.18 Å².